The minimum Gasteiger partial charge on any atom is -1.00 e. The van der Waals surface area contributed by atoms with Gasteiger partial charge in [0, 0.05) is 0 Å². The maximum absolute atomic E-state index is 8.68. The zero-order chi connectivity index (χ0) is 2.71. The first-order valence-electron chi connectivity index (χ1n) is 0.704. The van der Waals surface area contributed by atoms with E-state index in [-0.39, 0.29) is 42.0 Å². The Hall–Kier alpha value is 0.930. The minimum absolute atomic E-state index is 0. The summed E-state index contributed by atoms with van der Waals surface area (Å²) in [5, 5.41) is 0. The summed E-state index contributed by atoms with van der Waals surface area (Å²) in [6.45, 7) is 1.32. The molecule has 0 aliphatic heterocycles. The van der Waals surface area contributed by atoms with Gasteiger partial charge in [0.15, 0.2) is 0 Å². The molecule has 0 aromatic carbocycles. The first-order valence-corrected chi connectivity index (χ1v) is 0.704. The fraction of sp³-hybridized carbons (Fsp3) is 0.500. The summed E-state index contributed by atoms with van der Waals surface area (Å²) in [5.74, 6) is 0. The second-order valence-corrected chi connectivity index (χ2v) is 0.204. The molecule has 0 unspecified atom stereocenters. The molecule has 0 heterocycles. The molecule has 0 atom stereocenters. The number of hydrogen-bond acceptors (Lipinski definition) is 1. The van der Waals surface area contributed by atoms with Crippen molar-refractivity contribution in [3.8, 4) is 0 Å². The summed E-state index contributed by atoms with van der Waals surface area (Å²) in [7, 11) is 0. The van der Waals surface area contributed by atoms with Crippen LogP contribution in [0.5, 0.6) is 0 Å². The van der Waals surface area contributed by atoms with E-state index in [4.69, 9.17) is 4.79 Å². The van der Waals surface area contributed by atoms with E-state index in [2.05, 4.69) is 0 Å². The molecule has 24 valence electrons. The van der Waals surface area contributed by atoms with Crippen molar-refractivity contribution in [3.63, 3.8) is 0 Å². The Balaban J connectivity index is -0.00000000333. The number of carbonyl (C=O) groups excluding carboxylic acids is 1. The summed E-state index contributed by atoms with van der Waals surface area (Å²) in [6.07, 6.45) is 1.50. The molecule has 0 aromatic heterocycles. The molecule has 2 heteroatoms. The molecule has 0 spiro atoms. The Morgan fingerprint density at radius 2 is 2.00 bits per heavy atom. The molecule has 0 aliphatic rings. The third kappa shape index (κ3) is 12.6. The van der Waals surface area contributed by atoms with Crippen LogP contribution in [0.3, 0.4) is 0 Å². The topological polar surface area (TPSA) is 17.1 Å². The molecule has 0 saturated heterocycles. The van der Waals surface area contributed by atoms with Gasteiger partial charge in [-0.3, -0.25) is 6.29 Å². The average molecular weight is 86.1 g/mol. The molecular weight excluding hydrogens is 80.1 g/mol. The average Bonchev–Trinajstić information content (AvgIpc) is 0.918. The van der Waals surface area contributed by atoms with E-state index in [0.717, 1.165) is 0 Å². The maximum Gasteiger partial charge on any atom is 2.00 e. The molecule has 0 radical (unpaired) electrons. The van der Waals surface area contributed by atoms with Crippen molar-refractivity contribution >= 4 is 44.0 Å². The Morgan fingerprint density at radius 3 is 2.00 bits per heavy atom. The Labute approximate surface area is 59.8 Å². The van der Waals surface area contributed by atoms with Crippen LogP contribution in [0.4, 0.5) is 0 Å². The van der Waals surface area contributed by atoms with Crippen LogP contribution in [-0.4, -0.2) is 44.0 Å². The van der Waals surface area contributed by atoms with Crippen LogP contribution in [0.1, 0.15) is 11.2 Å². The second-order valence-electron chi connectivity index (χ2n) is 0.204. The third-order valence-electron chi connectivity index (χ3n) is 0. The summed E-state index contributed by atoms with van der Waals surface area (Å²) in [6, 6.07) is 0. The van der Waals surface area contributed by atoms with Crippen molar-refractivity contribution in [1.82, 2.24) is 0 Å². The van der Waals surface area contributed by atoms with Crippen LogP contribution in [0.25, 0.3) is 0 Å². The summed E-state index contributed by atoms with van der Waals surface area (Å²) in [4.78, 5) is 8.68. The largest absolute Gasteiger partial charge is 2.00 e. The van der Waals surface area contributed by atoms with Crippen LogP contribution < -0.4 is 0 Å². The van der Waals surface area contributed by atoms with Crippen LogP contribution in [0.15, 0.2) is 0 Å². The Morgan fingerprint density at radius 1 is 2.00 bits per heavy atom. The Kier molecular flexibility index (Phi) is 20.1. The van der Waals surface area contributed by atoms with Gasteiger partial charge in [-0.2, -0.15) is 6.92 Å². The van der Waals surface area contributed by atoms with Crippen molar-refractivity contribution < 1.29 is 9.07 Å². The summed E-state index contributed by atoms with van der Waals surface area (Å²) < 4.78 is 0. The van der Waals surface area contributed by atoms with Crippen LogP contribution in [0.2, 0.25) is 0 Å². The van der Waals surface area contributed by atoms with Gasteiger partial charge >= 0.3 is 37.7 Å². The summed E-state index contributed by atoms with van der Waals surface area (Å²) >= 11 is 0. The fourth-order valence-corrected chi connectivity index (χ4v) is 0. The molecule has 0 N–H and O–H groups in total. The van der Waals surface area contributed by atoms with E-state index >= 15 is 0 Å². The molecular formula is C2H6CaO-2. The molecule has 0 amide bonds. The number of rotatable bonds is 0. The monoisotopic (exact) mass is 86.0 g/mol. The molecule has 0 fully saturated rings. The van der Waals surface area contributed by atoms with Gasteiger partial charge < -0.3 is 9.07 Å². The van der Waals surface area contributed by atoms with Gasteiger partial charge in [-0.25, -0.2) is 0 Å². The Bertz CT molecular complexity index is 20.4. The number of hydrogen-bond donors (Lipinski definition) is 0. The van der Waals surface area contributed by atoms with Gasteiger partial charge in [0.05, 0.1) is 0 Å². The van der Waals surface area contributed by atoms with Crippen molar-refractivity contribution in [3.05, 3.63) is 0 Å². The van der Waals surface area contributed by atoms with Crippen molar-refractivity contribution in [1.29, 1.82) is 0 Å². The van der Waals surface area contributed by atoms with Gasteiger partial charge in [0.1, 0.15) is 0 Å². The van der Waals surface area contributed by atoms with Crippen molar-refractivity contribution in [2.45, 2.75) is 6.92 Å². The van der Waals surface area contributed by atoms with E-state index in [9.17, 15) is 0 Å². The molecule has 4 heavy (non-hydrogen) atoms. The van der Waals surface area contributed by atoms with E-state index in [1.807, 2.05) is 0 Å². The predicted octanol–water partition coefficient (Wildman–Crippen LogP) is 0.0727. The maximum atomic E-state index is 8.68. The SMILES string of the molecule is C[C-]=O.[Ca+2].[H-].[H-].[H-]. The van der Waals surface area contributed by atoms with Crippen LogP contribution in [0, 0.1) is 0 Å². The first kappa shape index (κ1) is 8.87. The molecule has 0 bridgehead atoms. The quantitative estimate of drug-likeness (QED) is 0.301. The predicted molar refractivity (Wildman–Crippen MR) is 20.5 cm³/mol. The molecule has 1 nitrogen and oxygen atoms in total. The van der Waals surface area contributed by atoms with Crippen LogP contribution >= 0.6 is 0 Å². The second kappa shape index (κ2) is 9.06. The first-order chi connectivity index (χ1) is 1.41. The van der Waals surface area contributed by atoms with Gasteiger partial charge in [0.25, 0.3) is 0 Å². The van der Waals surface area contributed by atoms with E-state index < -0.39 is 0 Å². The van der Waals surface area contributed by atoms with E-state index in [1.54, 1.807) is 0 Å². The normalized spacial score (nSPS) is 3.25. The van der Waals surface area contributed by atoms with Crippen molar-refractivity contribution in [2.24, 2.45) is 0 Å². The molecule has 0 aromatic rings. The van der Waals surface area contributed by atoms with Crippen molar-refractivity contribution in [2.75, 3.05) is 0 Å². The van der Waals surface area contributed by atoms with Gasteiger partial charge in [-0.15, -0.1) is 0 Å². The van der Waals surface area contributed by atoms with Gasteiger partial charge in [0.2, 0.25) is 0 Å². The smallest absolute Gasteiger partial charge is 1.00 e. The van der Waals surface area contributed by atoms with Gasteiger partial charge in [-0.05, 0) is 0 Å². The molecule has 0 rings (SSSR count). The van der Waals surface area contributed by atoms with Gasteiger partial charge in [-0.1, -0.05) is 0 Å². The minimum atomic E-state index is 0. The van der Waals surface area contributed by atoms with E-state index in [1.165, 1.54) is 13.2 Å². The summed E-state index contributed by atoms with van der Waals surface area (Å²) in [5.41, 5.74) is 0. The van der Waals surface area contributed by atoms with Crippen LogP contribution in [-0.2, 0) is 4.79 Å². The van der Waals surface area contributed by atoms with E-state index in [0.29, 0.717) is 0 Å². The fourth-order valence-electron chi connectivity index (χ4n) is 0. The standard InChI is InChI=1S/C2H3O.Ca.3H/c1-2-3;;;;/h1H3;;;;/q-1;+2;3*-1. The zero-order valence-corrected chi connectivity index (χ0v) is 4.82. The third-order valence-corrected chi connectivity index (χ3v) is 0. The molecule has 0 saturated carbocycles. The molecule has 0 aliphatic carbocycles. The zero-order valence-electron chi connectivity index (χ0n) is 5.62.